The van der Waals surface area contributed by atoms with Crippen molar-refractivity contribution in [1.82, 2.24) is 5.32 Å². The van der Waals surface area contributed by atoms with Crippen LogP contribution in [0.15, 0.2) is 54.6 Å². The Hall–Kier alpha value is -2.42. The van der Waals surface area contributed by atoms with Crippen LogP contribution in [0.2, 0.25) is 0 Å². The molecule has 1 aliphatic rings. The number of rotatable bonds is 2. The zero-order chi connectivity index (χ0) is 13.2. The highest BCUT2D eigenvalue weighted by atomic mass is 16.2. The summed E-state index contributed by atoms with van der Waals surface area (Å²) < 4.78 is 0. The lowest BCUT2D eigenvalue weighted by Crippen LogP contribution is -2.21. The normalized spacial score (nSPS) is 18.4. The first-order chi connectivity index (χ1) is 9.25. The molecule has 0 aromatic heterocycles. The van der Waals surface area contributed by atoms with Gasteiger partial charge in [-0.3, -0.25) is 14.9 Å². The number of carbonyl (C=O) groups is 2. The van der Waals surface area contributed by atoms with Crippen LogP contribution >= 0.6 is 0 Å². The molecule has 1 heterocycles. The van der Waals surface area contributed by atoms with E-state index in [4.69, 9.17) is 0 Å². The van der Waals surface area contributed by atoms with Crippen LogP contribution in [0.1, 0.15) is 17.9 Å². The molecule has 1 atom stereocenters. The topological polar surface area (TPSA) is 46.2 Å². The SMILES string of the molecule is O=C1CC(c2ccccc2-c2ccccc2)C(=O)N1. The van der Waals surface area contributed by atoms with Gasteiger partial charge in [0.2, 0.25) is 11.8 Å². The van der Waals surface area contributed by atoms with E-state index in [1.54, 1.807) is 0 Å². The molecule has 19 heavy (non-hydrogen) atoms. The summed E-state index contributed by atoms with van der Waals surface area (Å²) in [5.74, 6) is -0.768. The van der Waals surface area contributed by atoms with Gasteiger partial charge in [0.15, 0.2) is 0 Å². The summed E-state index contributed by atoms with van der Waals surface area (Å²) in [4.78, 5) is 23.2. The van der Waals surface area contributed by atoms with Crippen molar-refractivity contribution in [2.75, 3.05) is 0 Å². The third kappa shape index (κ3) is 2.15. The van der Waals surface area contributed by atoms with E-state index in [1.807, 2.05) is 54.6 Å². The van der Waals surface area contributed by atoms with Gasteiger partial charge in [0, 0.05) is 6.42 Å². The third-order valence-corrected chi connectivity index (χ3v) is 3.39. The molecule has 2 amide bonds. The van der Waals surface area contributed by atoms with Gasteiger partial charge in [-0.15, -0.1) is 0 Å². The Labute approximate surface area is 111 Å². The molecular weight excluding hydrogens is 238 g/mol. The van der Waals surface area contributed by atoms with E-state index < -0.39 is 0 Å². The highest BCUT2D eigenvalue weighted by Crippen LogP contribution is 2.33. The average Bonchev–Trinajstić information content (AvgIpc) is 2.79. The van der Waals surface area contributed by atoms with Crippen molar-refractivity contribution < 1.29 is 9.59 Å². The molecule has 3 heteroatoms. The van der Waals surface area contributed by atoms with Gasteiger partial charge in [0.1, 0.15) is 0 Å². The van der Waals surface area contributed by atoms with E-state index in [1.165, 1.54) is 0 Å². The Kier molecular flexibility index (Phi) is 2.88. The molecule has 0 spiro atoms. The second kappa shape index (κ2) is 4.69. The lowest BCUT2D eigenvalue weighted by Gasteiger charge is -2.13. The Morgan fingerprint density at radius 1 is 0.895 bits per heavy atom. The summed E-state index contributed by atoms with van der Waals surface area (Å²) in [6.07, 6.45) is 0.239. The maximum atomic E-state index is 11.8. The highest BCUT2D eigenvalue weighted by Gasteiger charge is 2.33. The number of benzene rings is 2. The zero-order valence-electron chi connectivity index (χ0n) is 10.3. The lowest BCUT2D eigenvalue weighted by molar-refractivity contribution is -0.125. The van der Waals surface area contributed by atoms with E-state index in [9.17, 15) is 9.59 Å². The van der Waals surface area contributed by atoms with Crippen molar-refractivity contribution in [2.45, 2.75) is 12.3 Å². The molecule has 1 unspecified atom stereocenters. The average molecular weight is 251 g/mol. The molecule has 0 bridgehead atoms. The van der Waals surface area contributed by atoms with Gasteiger partial charge in [-0.2, -0.15) is 0 Å². The molecule has 1 saturated heterocycles. The Morgan fingerprint density at radius 3 is 2.26 bits per heavy atom. The minimum absolute atomic E-state index is 0.196. The fourth-order valence-electron chi connectivity index (χ4n) is 2.49. The van der Waals surface area contributed by atoms with Gasteiger partial charge < -0.3 is 0 Å². The molecule has 0 radical (unpaired) electrons. The molecule has 3 nitrogen and oxygen atoms in total. The van der Waals surface area contributed by atoms with Crippen LogP contribution in [-0.2, 0) is 9.59 Å². The summed E-state index contributed by atoms with van der Waals surface area (Å²) in [6.45, 7) is 0. The molecule has 1 aliphatic heterocycles. The summed E-state index contributed by atoms with van der Waals surface area (Å²) in [6, 6.07) is 17.7. The summed E-state index contributed by atoms with van der Waals surface area (Å²) in [5, 5.41) is 2.37. The molecule has 1 N–H and O–H groups in total. The maximum absolute atomic E-state index is 11.8. The van der Waals surface area contributed by atoms with Crippen LogP contribution in [0.25, 0.3) is 11.1 Å². The molecule has 0 aliphatic carbocycles. The van der Waals surface area contributed by atoms with E-state index in [-0.39, 0.29) is 24.2 Å². The van der Waals surface area contributed by atoms with E-state index in [0.717, 1.165) is 16.7 Å². The predicted octanol–water partition coefficient (Wildman–Crippen LogP) is 2.48. The Morgan fingerprint density at radius 2 is 1.58 bits per heavy atom. The third-order valence-electron chi connectivity index (χ3n) is 3.39. The van der Waals surface area contributed by atoms with Gasteiger partial charge in [-0.25, -0.2) is 0 Å². The van der Waals surface area contributed by atoms with Crippen molar-refractivity contribution in [3.05, 3.63) is 60.2 Å². The summed E-state index contributed by atoms with van der Waals surface area (Å²) in [7, 11) is 0. The van der Waals surface area contributed by atoms with Gasteiger partial charge in [0.05, 0.1) is 5.92 Å². The number of nitrogens with one attached hydrogen (secondary N) is 1. The summed E-state index contributed by atoms with van der Waals surface area (Å²) >= 11 is 0. The summed E-state index contributed by atoms with van der Waals surface area (Å²) in [5.41, 5.74) is 2.99. The minimum atomic E-state index is -0.371. The molecule has 2 aromatic rings. The Balaban J connectivity index is 2.08. The maximum Gasteiger partial charge on any atom is 0.234 e. The van der Waals surface area contributed by atoms with Crippen molar-refractivity contribution in [2.24, 2.45) is 0 Å². The smallest absolute Gasteiger partial charge is 0.234 e. The van der Waals surface area contributed by atoms with Crippen molar-refractivity contribution >= 4 is 11.8 Å². The quantitative estimate of drug-likeness (QED) is 0.833. The van der Waals surface area contributed by atoms with Gasteiger partial charge >= 0.3 is 0 Å². The molecule has 3 rings (SSSR count). The van der Waals surface area contributed by atoms with Crippen molar-refractivity contribution in [3.63, 3.8) is 0 Å². The highest BCUT2D eigenvalue weighted by molar-refractivity contribution is 6.06. The predicted molar refractivity (Wildman–Crippen MR) is 72.4 cm³/mol. The fraction of sp³-hybridized carbons (Fsp3) is 0.125. The van der Waals surface area contributed by atoms with Crippen LogP contribution in [-0.4, -0.2) is 11.8 Å². The van der Waals surface area contributed by atoms with Crippen LogP contribution in [0.3, 0.4) is 0 Å². The van der Waals surface area contributed by atoms with E-state index >= 15 is 0 Å². The molecule has 1 fully saturated rings. The van der Waals surface area contributed by atoms with Gasteiger partial charge in [-0.05, 0) is 16.7 Å². The lowest BCUT2D eigenvalue weighted by atomic mass is 9.89. The molecule has 0 saturated carbocycles. The van der Waals surface area contributed by atoms with Crippen LogP contribution in [0.4, 0.5) is 0 Å². The monoisotopic (exact) mass is 251 g/mol. The number of imide groups is 1. The molecule has 94 valence electrons. The first kappa shape index (κ1) is 11.7. The zero-order valence-corrected chi connectivity index (χ0v) is 10.3. The largest absolute Gasteiger partial charge is 0.296 e. The van der Waals surface area contributed by atoms with Crippen LogP contribution in [0, 0.1) is 0 Å². The first-order valence-corrected chi connectivity index (χ1v) is 6.24. The van der Waals surface area contributed by atoms with Gasteiger partial charge in [-0.1, -0.05) is 54.6 Å². The fourth-order valence-corrected chi connectivity index (χ4v) is 2.49. The van der Waals surface area contributed by atoms with E-state index in [2.05, 4.69) is 5.32 Å². The van der Waals surface area contributed by atoms with Crippen molar-refractivity contribution in [1.29, 1.82) is 0 Å². The first-order valence-electron chi connectivity index (χ1n) is 6.24. The number of hydrogen-bond donors (Lipinski definition) is 1. The molecule has 2 aromatic carbocycles. The van der Waals surface area contributed by atoms with Crippen LogP contribution < -0.4 is 5.32 Å². The number of hydrogen-bond acceptors (Lipinski definition) is 2. The van der Waals surface area contributed by atoms with Gasteiger partial charge in [0.25, 0.3) is 0 Å². The second-order valence-corrected chi connectivity index (χ2v) is 4.62. The number of amides is 2. The van der Waals surface area contributed by atoms with Crippen molar-refractivity contribution in [3.8, 4) is 11.1 Å². The van der Waals surface area contributed by atoms with Crippen LogP contribution in [0.5, 0.6) is 0 Å². The van der Waals surface area contributed by atoms with E-state index in [0.29, 0.717) is 0 Å². The minimum Gasteiger partial charge on any atom is -0.296 e. The Bertz CT molecular complexity index is 634. The number of carbonyl (C=O) groups excluding carboxylic acids is 2. The molecular formula is C16H13NO2. The second-order valence-electron chi connectivity index (χ2n) is 4.62. The standard InChI is InChI=1S/C16H13NO2/c18-15-10-14(16(19)17-15)13-9-5-4-8-12(13)11-6-2-1-3-7-11/h1-9,14H,10H2,(H,17,18,19).